The third kappa shape index (κ3) is 14.2. The van der Waals surface area contributed by atoms with Crippen molar-refractivity contribution in [3.05, 3.63) is 0 Å². The highest BCUT2D eigenvalue weighted by atomic mass is 33.1. The maximum absolute atomic E-state index is 11.4. The van der Waals surface area contributed by atoms with Gasteiger partial charge in [-0.2, -0.15) is 0 Å². The average molecular weight is 389 g/mol. The van der Waals surface area contributed by atoms with Crippen LogP contribution in [-0.4, -0.2) is 48.5 Å². The highest BCUT2D eigenvalue weighted by molar-refractivity contribution is 8.76. The Balaban J connectivity index is 3.49. The van der Waals surface area contributed by atoms with Gasteiger partial charge in [0.15, 0.2) is 0 Å². The first-order valence-corrected chi connectivity index (χ1v) is 10.5. The third-order valence-electron chi connectivity index (χ3n) is 1.54. The van der Waals surface area contributed by atoms with Crippen molar-refractivity contribution in [1.29, 1.82) is 0 Å². The van der Waals surface area contributed by atoms with Crippen LogP contribution in [0.1, 0.15) is 13.8 Å². The lowest BCUT2D eigenvalue weighted by Gasteiger charge is -2.05. The first-order chi connectivity index (χ1) is 10.4. The highest BCUT2D eigenvalue weighted by Crippen LogP contribution is 2.18. The van der Waals surface area contributed by atoms with Crippen LogP contribution in [0.2, 0.25) is 0 Å². The standard InChI is InChI=1S/C10H16N2O6S4/c1-7(13)17-3-5-19-21-11-9(15)10(16)12-22-20-6-4-18-8(2)14/h3-6H2,1-2H3,(H,11,15)(H,12,16). The van der Waals surface area contributed by atoms with Gasteiger partial charge in [0.1, 0.15) is 13.2 Å². The molecule has 22 heavy (non-hydrogen) atoms. The number of carbonyl (C=O) groups is 4. The monoisotopic (exact) mass is 388 g/mol. The van der Waals surface area contributed by atoms with Gasteiger partial charge in [-0.25, -0.2) is 0 Å². The van der Waals surface area contributed by atoms with Crippen LogP contribution in [0.15, 0.2) is 0 Å². The van der Waals surface area contributed by atoms with E-state index in [1.54, 1.807) is 0 Å². The number of nitrogens with one attached hydrogen (secondary N) is 2. The molecular weight excluding hydrogens is 372 g/mol. The minimum atomic E-state index is -0.780. The fraction of sp³-hybridized carbons (Fsp3) is 0.600. The van der Waals surface area contributed by atoms with Gasteiger partial charge < -0.3 is 9.47 Å². The molecule has 0 radical (unpaired) electrons. The van der Waals surface area contributed by atoms with Crippen molar-refractivity contribution >= 4 is 67.3 Å². The lowest BCUT2D eigenvalue weighted by atomic mass is 10.6. The minimum Gasteiger partial charge on any atom is -0.465 e. The largest absolute Gasteiger partial charge is 0.465 e. The quantitative estimate of drug-likeness (QED) is 0.184. The molecule has 2 N–H and O–H groups in total. The molecule has 0 aliphatic carbocycles. The maximum Gasteiger partial charge on any atom is 0.320 e. The normalized spacial score (nSPS) is 9.73. The number of hydrogen-bond donors (Lipinski definition) is 2. The molecule has 12 heteroatoms. The van der Waals surface area contributed by atoms with E-state index in [0.29, 0.717) is 11.5 Å². The van der Waals surface area contributed by atoms with E-state index in [-0.39, 0.29) is 25.2 Å². The highest BCUT2D eigenvalue weighted by Gasteiger charge is 2.13. The Hall–Kier alpha value is -0.720. The lowest BCUT2D eigenvalue weighted by Crippen LogP contribution is -2.33. The molecule has 0 spiro atoms. The van der Waals surface area contributed by atoms with Gasteiger partial charge in [0, 0.05) is 47.3 Å². The summed E-state index contributed by atoms with van der Waals surface area (Å²) in [6.07, 6.45) is 0. The summed E-state index contributed by atoms with van der Waals surface area (Å²) in [6.45, 7) is 3.10. The van der Waals surface area contributed by atoms with Crippen LogP contribution in [0, 0.1) is 0 Å². The Morgan fingerprint density at radius 2 is 1.14 bits per heavy atom. The molecule has 0 aromatic carbocycles. The van der Waals surface area contributed by atoms with Crippen molar-refractivity contribution in [2.24, 2.45) is 0 Å². The number of esters is 2. The Morgan fingerprint density at radius 3 is 1.45 bits per heavy atom. The summed E-state index contributed by atoms with van der Waals surface area (Å²) in [5.74, 6) is -1.30. The zero-order chi connectivity index (χ0) is 16.8. The van der Waals surface area contributed by atoms with Gasteiger partial charge in [-0.05, 0) is 0 Å². The fourth-order valence-electron chi connectivity index (χ4n) is 0.749. The molecule has 0 rings (SSSR count). The van der Waals surface area contributed by atoms with E-state index in [4.69, 9.17) is 9.47 Å². The topological polar surface area (TPSA) is 111 Å². The zero-order valence-electron chi connectivity index (χ0n) is 11.9. The molecule has 0 heterocycles. The summed E-state index contributed by atoms with van der Waals surface area (Å²) >= 11 is 0. The number of rotatable bonds is 10. The summed E-state index contributed by atoms with van der Waals surface area (Å²) < 4.78 is 14.1. The number of ether oxygens (including phenoxy) is 2. The second kappa shape index (κ2) is 13.9. The molecule has 126 valence electrons. The number of hydrogen-bond acceptors (Lipinski definition) is 10. The Morgan fingerprint density at radius 1 is 0.773 bits per heavy atom. The third-order valence-corrected chi connectivity index (χ3v) is 5.18. The molecule has 0 fully saturated rings. The molecule has 2 amide bonds. The van der Waals surface area contributed by atoms with Crippen molar-refractivity contribution in [3.8, 4) is 0 Å². The minimum absolute atomic E-state index is 0.240. The van der Waals surface area contributed by atoms with Gasteiger partial charge in [-0.15, -0.1) is 0 Å². The number of carbonyl (C=O) groups excluding carboxylic acids is 4. The van der Waals surface area contributed by atoms with Crippen molar-refractivity contribution in [3.63, 3.8) is 0 Å². The van der Waals surface area contributed by atoms with Crippen LogP contribution in [0.4, 0.5) is 0 Å². The molecule has 8 nitrogen and oxygen atoms in total. The van der Waals surface area contributed by atoms with Crippen LogP contribution in [0.3, 0.4) is 0 Å². The SMILES string of the molecule is CC(=O)OCCSSNC(=O)C(=O)NSSCCOC(C)=O. The maximum atomic E-state index is 11.4. The summed E-state index contributed by atoms with van der Waals surface area (Å²) in [7, 11) is 4.46. The van der Waals surface area contributed by atoms with Crippen molar-refractivity contribution in [2.45, 2.75) is 13.8 Å². The Labute approximate surface area is 144 Å². The zero-order valence-corrected chi connectivity index (χ0v) is 15.2. The molecule has 0 atom stereocenters. The van der Waals surface area contributed by atoms with E-state index < -0.39 is 11.8 Å². The van der Waals surface area contributed by atoms with Crippen molar-refractivity contribution < 1.29 is 28.7 Å². The van der Waals surface area contributed by atoms with Crippen LogP contribution < -0.4 is 9.44 Å². The van der Waals surface area contributed by atoms with Gasteiger partial charge in [0.25, 0.3) is 0 Å². The molecule has 0 aromatic rings. The molecule has 0 saturated carbocycles. The first kappa shape index (κ1) is 21.3. The van der Waals surface area contributed by atoms with E-state index in [9.17, 15) is 19.2 Å². The molecule has 0 aliphatic rings. The first-order valence-electron chi connectivity index (χ1n) is 5.87. The average Bonchev–Trinajstić information content (AvgIpc) is 2.45. The van der Waals surface area contributed by atoms with Crippen LogP contribution >= 0.6 is 43.5 Å². The van der Waals surface area contributed by atoms with Crippen LogP contribution in [-0.2, 0) is 28.7 Å². The van der Waals surface area contributed by atoms with Crippen molar-refractivity contribution in [1.82, 2.24) is 9.44 Å². The lowest BCUT2D eigenvalue weighted by molar-refractivity contribution is -0.141. The Bertz CT molecular complexity index is 360. The van der Waals surface area contributed by atoms with Gasteiger partial charge in [0.2, 0.25) is 0 Å². The second-order valence-corrected chi connectivity index (χ2v) is 7.80. The molecule has 0 bridgehead atoms. The van der Waals surface area contributed by atoms with E-state index in [1.165, 1.54) is 35.4 Å². The summed E-state index contributed by atoms with van der Waals surface area (Å²) in [5.41, 5.74) is 0. The predicted octanol–water partition coefficient (Wildman–Crippen LogP) is 0.938. The molecule has 0 saturated heterocycles. The summed E-state index contributed by atoms with van der Waals surface area (Å²) in [4.78, 5) is 43.7. The van der Waals surface area contributed by atoms with Crippen LogP contribution in [0.5, 0.6) is 0 Å². The smallest absolute Gasteiger partial charge is 0.320 e. The van der Waals surface area contributed by atoms with E-state index in [1.807, 2.05) is 0 Å². The molecular formula is C10H16N2O6S4. The predicted molar refractivity (Wildman–Crippen MR) is 89.6 cm³/mol. The van der Waals surface area contributed by atoms with Gasteiger partial charge >= 0.3 is 23.8 Å². The van der Waals surface area contributed by atoms with Gasteiger partial charge in [-0.1, -0.05) is 21.6 Å². The summed E-state index contributed by atoms with van der Waals surface area (Å²) in [5, 5.41) is 0. The summed E-state index contributed by atoms with van der Waals surface area (Å²) in [6, 6.07) is 0. The molecule has 0 aromatic heterocycles. The van der Waals surface area contributed by atoms with E-state index in [2.05, 4.69) is 9.44 Å². The molecule has 0 aliphatic heterocycles. The van der Waals surface area contributed by atoms with Gasteiger partial charge in [-0.3, -0.25) is 28.6 Å². The fourth-order valence-corrected chi connectivity index (χ4v) is 3.39. The molecule has 0 unspecified atom stereocenters. The Kier molecular flexibility index (Phi) is 13.5. The van der Waals surface area contributed by atoms with E-state index >= 15 is 0 Å². The van der Waals surface area contributed by atoms with Crippen molar-refractivity contribution in [2.75, 3.05) is 24.7 Å². The van der Waals surface area contributed by atoms with E-state index in [0.717, 1.165) is 22.0 Å². The van der Waals surface area contributed by atoms with Crippen LogP contribution in [0.25, 0.3) is 0 Å². The van der Waals surface area contributed by atoms with Gasteiger partial charge in [0.05, 0.1) is 0 Å². The second-order valence-electron chi connectivity index (χ2n) is 3.35. The number of amides is 2.